The van der Waals surface area contributed by atoms with Crippen molar-refractivity contribution in [2.45, 2.75) is 52.6 Å². The molecule has 1 N–H and O–H groups in total. The second-order valence-corrected chi connectivity index (χ2v) is 6.93. The first kappa shape index (κ1) is 19.5. The summed E-state index contributed by atoms with van der Waals surface area (Å²) >= 11 is 0. The number of hydrogen-bond donors (Lipinski definition) is 1. The number of benzene rings is 1. The van der Waals surface area contributed by atoms with Crippen molar-refractivity contribution in [1.29, 1.82) is 0 Å². The number of urea groups is 1. The lowest BCUT2D eigenvalue weighted by Crippen LogP contribution is -2.44. The largest absolute Gasteiger partial charge is 0.490 e. The molecule has 27 heavy (non-hydrogen) atoms. The zero-order valence-corrected chi connectivity index (χ0v) is 16.4. The van der Waals surface area contributed by atoms with Crippen LogP contribution in [0.4, 0.5) is 4.79 Å². The molecular formula is C20H29N3O4. The van der Waals surface area contributed by atoms with E-state index < -0.39 is 0 Å². The van der Waals surface area contributed by atoms with Crippen LogP contribution in [0, 0.1) is 0 Å². The fraction of sp³-hybridized carbons (Fsp3) is 0.600. The Balaban J connectivity index is 1.71. The molecule has 148 valence electrons. The number of nitrogens with zero attached hydrogens (tertiary/aromatic N) is 2. The minimum absolute atomic E-state index is 0.116. The Hall–Kier alpha value is -2.28. The third-order valence-corrected chi connectivity index (χ3v) is 4.98. The van der Waals surface area contributed by atoms with Crippen LogP contribution in [0.5, 0.6) is 11.5 Å². The molecule has 3 amide bonds. The Morgan fingerprint density at radius 1 is 1.07 bits per heavy atom. The molecule has 1 aromatic rings. The fourth-order valence-corrected chi connectivity index (χ4v) is 3.68. The molecule has 1 aromatic carbocycles. The first-order valence-corrected chi connectivity index (χ1v) is 9.82. The molecule has 2 aliphatic heterocycles. The molecular weight excluding hydrogens is 346 g/mol. The van der Waals surface area contributed by atoms with Gasteiger partial charge < -0.3 is 14.8 Å². The van der Waals surface area contributed by atoms with Gasteiger partial charge in [0.1, 0.15) is 6.04 Å². The van der Waals surface area contributed by atoms with Gasteiger partial charge in [-0.2, -0.15) is 0 Å². The van der Waals surface area contributed by atoms with Crippen molar-refractivity contribution >= 4 is 11.9 Å². The molecule has 0 radical (unpaired) electrons. The topological polar surface area (TPSA) is 71.1 Å². The highest BCUT2D eigenvalue weighted by Crippen LogP contribution is 2.34. The quantitative estimate of drug-likeness (QED) is 0.707. The summed E-state index contributed by atoms with van der Waals surface area (Å²) in [7, 11) is 0. The van der Waals surface area contributed by atoms with E-state index in [1.807, 2.05) is 26.8 Å². The van der Waals surface area contributed by atoms with E-state index >= 15 is 0 Å². The van der Waals surface area contributed by atoms with Crippen molar-refractivity contribution in [3.8, 4) is 11.5 Å². The Morgan fingerprint density at radius 3 is 2.37 bits per heavy atom. The van der Waals surface area contributed by atoms with Gasteiger partial charge >= 0.3 is 6.03 Å². The lowest BCUT2D eigenvalue weighted by molar-refractivity contribution is -0.129. The van der Waals surface area contributed by atoms with Crippen LogP contribution in [-0.2, 0) is 17.8 Å². The first-order valence-electron chi connectivity index (χ1n) is 9.82. The molecule has 0 unspecified atom stereocenters. The molecule has 0 saturated carbocycles. The highest BCUT2D eigenvalue weighted by molar-refractivity contribution is 6.04. The van der Waals surface area contributed by atoms with Crippen LogP contribution < -0.4 is 14.8 Å². The lowest BCUT2D eigenvalue weighted by atomic mass is 9.99. The number of hydrogen-bond acceptors (Lipinski definition) is 5. The number of fused-ring (bicyclic) bond motifs is 1. The summed E-state index contributed by atoms with van der Waals surface area (Å²) in [6, 6.07) is 3.43. The maximum Gasteiger partial charge on any atom is 0.325 e. The molecule has 0 bridgehead atoms. The SMILES string of the molecule is CCC[C@@H]1NC(=O)N(CN2CCc3cc(OCC)c(OCC)cc3C2)C1=O. The van der Waals surface area contributed by atoms with E-state index in [9.17, 15) is 9.59 Å². The number of carbonyl (C=O) groups is 2. The minimum Gasteiger partial charge on any atom is -0.490 e. The monoisotopic (exact) mass is 375 g/mol. The summed E-state index contributed by atoms with van der Waals surface area (Å²) < 4.78 is 11.4. The van der Waals surface area contributed by atoms with Gasteiger partial charge in [-0.25, -0.2) is 9.69 Å². The molecule has 1 atom stereocenters. The van der Waals surface area contributed by atoms with Gasteiger partial charge in [-0.05, 0) is 49.9 Å². The molecule has 0 aliphatic carbocycles. The number of rotatable bonds is 8. The van der Waals surface area contributed by atoms with E-state index in [-0.39, 0.29) is 18.0 Å². The van der Waals surface area contributed by atoms with Crippen molar-refractivity contribution < 1.29 is 19.1 Å². The predicted octanol–water partition coefficient (Wildman–Crippen LogP) is 2.52. The Labute approximate surface area is 160 Å². The summed E-state index contributed by atoms with van der Waals surface area (Å²) in [4.78, 5) is 28.1. The van der Waals surface area contributed by atoms with Crippen molar-refractivity contribution in [2.75, 3.05) is 26.4 Å². The number of ether oxygens (including phenoxy) is 2. The van der Waals surface area contributed by atoms with E-state index in [0.717, 1.165) is 36.4 Å². The second kappa shape index (κ2) is 8.61. The normalized spacial score (nSPS) is 19.8. The van der Waals surface area contributed by atoms with Crippen LogP contribution in [0.1, 0.15) is 44.7 Å². The fourth-order valence-electron chi connectivity index (χ4n) is 3.68. The molecule has 7 heteroatoms. The highest BCUT2D eigenvalue weighted by atomic mass is 16.5. The minimum atomic E-state index is -0.377. The third-order valence-electron chi connectivity index (χ3n) is 4.98. The summed E-state index contributed by atoms with van der Waals surface area (Å²) in [6.07, 6.45) is 2.40. The van der Waals surface area contributed by atoms with Crippen LogP contribution in [0.15, 0.2) is 12.1 Å². The zero-order valence-electron chi connectivity index (χ0n) is 16.4. The Kier molecular flexibility index (Phi) is 6.21. The number of amides is 3. The van der Waals surface area contributed by atoms with E-state index in [2.05, 4.69) is 16.3 Å². The maximum absolute atomic E-state index is 12.5. The lowest BCUT2D eigenvalue weighted by Gasteiger charge is -2.31. The van der Waals surface area contributed by atoms with Crippen LogP contribution in [0.3, 0.4) is 0 Å². The van der Waals surface area contributed by atoms with Gasteiger partial charge in [-0.15, -0.1) is 0 Å². The standard InChI is InChI=1S/C20H29N3O4/c1-4-7-16-19(24)23(20(25)21-16)13-22-9-8-14-10-17(26-5-2)18(27-6-3)11-15(14)12-22/h10-11,16H,4-9,12-13H2,1-3H3,(H,21,25)/t16-/m0/s1. The average molecular weight is 375 g/mol. The van der Waals surface area contributed by atoms with Gasteiger partial charge in [0.2, 0.25) is 0 Å². The molecule has 2 aliphatic rings. The van der Waals surface area contributed by atoms with E-state index in [1.54, 1.807) is 0 Å². The average Bonchev–Trinajstić information content (AvgIpc) is 2.90. The van der Waals surface area contributed by atoms with Gasteiger partial charge in [0, 0.05) is 13.1 Å². The molecule has 0 aromatic heterocycles. The van der Waals surface area contributed by atoms with Crippen molar-refractivity contribution in [3.63, 3.8) is 0 Å². The summed E-state index contributed by atoms with van der Waals surface area (Å²) in [5.74, 6) is 1.41. The molecule has 0 spiro atoms. The smallest absolute Gasteiger partial charge is 0.325 e. The first-order chi connectivity index (χ1) is 13.1. The Bertz CT molecular complexity index is 707. The van der Waals surface area contributed by atoms with Crippen LogP contribution in [0.25, 0.3) is 0 Å². The molecule has 1 saturated heterocycles. The van der Waals surface area contributed by atoms with Crippen molar-refractivity contribution in [1.82, 2.24) is 15.1 Å². The van der Waals surface area contributed by atoms with Crippen LogP contribution >= 0.6 is 0 Å². The van der Waals surface area contributed by atoms with Gasteiger partial charge in [-0.3, -0.25) is 9.69 Å². The number of nitrogens with one attached hydrogen (secondary N) is 1. The zero-order chi connectivity index (χ0) is 19.4. The summed E-state index contributed by atoms with van der Waals surface area (Å²) in [5.41, 5.74) is 2.39. The molecule has 1 fully saturated rings. The van der Waals surface area contributed by atoms with E-state index in [1.165, 1.54) is 10.5 Å². The molecule has 7 nitrogen and oxygen atoms in total. The van der Waals surface area contributed by atoms with E-state index in [4.69, 9.17) is 9.47 Å². The Morgan fingerprint density at radius 2 is 1.74 bits per heavy atom. The number of imide groups is 1. The molecule has 3 rings (SSSR count). The summed E-state index contributed by atoms with van der Waals surface area (Å²) in [6.45, 7) is 8.88. The molecule has 2 heterocycles. The van der Waals surface area contributed by atoms with Crippen LogP contribution in [0.2, 0.25) is 0 Å². The van der Waals surface area contributed by atoms with Gasteiger partial charge in [0.15, 0.2) is 11.5 Å². The van der Waals surface area contributed by atoms with Crippen molar-refractivity contribution in [2.24, 2.45) is 0 Å². The highest BCUT2D eigenvalue weighted by Gasteiger charge is 2.38. The van der Waals surface area contributed by atoms with Gasteiger partial charge in [0.25, 0.3) is 5.91 Å². The predicted molar refractivity (Wildman–Crippen MR) is 102 cm³/mol. The summed E-state index contributed by atoms with van der Waals surface area (Å²) in [5, 5.41) is 2.78. The van der Waals surface area contributed by atoms with E-state index in [0.29, 0.717) is 32.8 Å². The van der Waals surface area contributed by atoms with Gasteiger partial charge in [0.05, 0.1) is 19.9 Å². The van der Waals surface area contributed by atoms with Crippen molar-refractivity contribution in [3.05, 3.63) is 23.3 Å². The van der Waals surface area contributed by atoms with Gasteiger partial charge in [-0.1, -0.05) is 13.3 Å². The van der Waals surface area contributed by atoms with Crippen LogP contribution in [-0.4, -0.2) is 54.2 Å². The maximum atomic E-state index is 12.5. The number of carbonyl (C=O) groups excluding carboxylic acids is 2. The second-order valence-electron chi connectivity index (χ2n) is 6.93. The third kappa shape index (κ3) is 4.18.